The van der Waals surface area contributed by atoms with Gasteiger partial charge in [0.15, 0.2) is 0 Å². The fourth-order valence-electron chi connectivity index (χ4n) is 2.33. The molecule has 21 heavy (non-hydrogen) atoms. The minimum atomic E-state index is -0.114. The SMILES string of the molecule is CC(C)COCC(C)NC(=O)NCC1CN(C)CCN1C. The molecule has 0 aliphatic carbocycles. The van der Waals surface area contributed by atoms with Crippen molar-refractivity contribution in [3.63, 3.8) is 0 Å². The van der Waals surface area contributed by atoms with Gasteiger partial charge in [0.2, 0.25) is 0 Å². The summed E-state index contributed by atoms with van der Waals surface area (Å²) in [5.41, 5.74) is 0. The molecule has 1 heterocycles. The number of amides is 2. The van der Waals surface area contributed by atoms with Crippen molar-refractivity contribution in [2.45, 2.75) is 32.9 Å². The Morgan fingerprint density at radius 1 is 1.24 bits per heavy atom. The molecule has 2 atom stereocenters. The summed E-state index contributed by atoms with van der Waals surface area (Å²) in [5.74, 6) is 0.518. The van der Waals surface area contributed by atoms with Crippen LogP contribution >= 0.6 is 0 Å². The summed E-state index contributed by atoms with van der Waals surface area (Å²) in [6.07, 6.45) is 0. The van der Waals surface area contributed by atoms with Gasteiger partial charge in [0.1, 0.15) is 0 Å². The molecule has 6 heteroatoms. The molecule has 0 aromatic heterocycles. The first-order valence-electron chi connectivity index (χ1n) is 7.89. The minimum absolute atomic E-state index is 0.0236. The van der Waals surface area contributed by atoms with Gasteiger partial charge in [-0.1, -0.05) is 13.8 Å². The van der Waals surface area contributed by atoms with E-state index in [2.05, 4.69) is 48.4 Å². The lowest BCUT2D eigenvalue weighted by molar-refractivity contribution is 0.0945. The molecule has 2 N–H and O–H groups in total. The van der Waals surface area contributed by atoms with Gasteiger partial charge in [-0.3, -0.25) is 4.90 Å². The van der Waals surface area contributed by atoms with Gasteiger partial charge in [-0.25, -0.2) is 4.79 Å². The number of hydrogen-bond donors (Lipinski definition) is 2. The summed E-state index contributed by atoms with van der Waals surface area (Å²) in [4.78, 5) is 16.5. The summed E-state index contributed by atoms with van der Waals surface area (Å²) in [5, 5.41) is 5.87. The van der Waals surface area contributed by atoms with Crippen molar-refractivity contribution in [3.05, 3.63) is 0 Å². The second-order valence-electron chi connectivity index (χ2n) is 6.58. The standard InChI is InChI=1S/C15H32N4O2/c1-12(2)10-21-11-13(3)17-15(20)16-8-14-9-18(4)6-7-19(14)5/h12-14H,6-11H2,1-5H3,(H2,16,17,20). The van der Waals surface area contributed by atoms with Gasteiger partial charge in [0, 0.05) is 38.8 Å². The Kier molecular flexibility index (Phi) is 8.00. The van der Waals surface area contributed by atoms with Gasteiger partial charge >= 0.3 is 6.03 Å². The molecule has 0 spiro atoms. The molecule has 2 amide bonds. The molecular formula is C15H32N4O2. The third-order valence-corrected chi connectivity index (χ3v) is 3.67. The average Bonchev–Trinajstić information content (AvgIpc) is 2.39. The monoisotopic (exact) mass is 300 g/mol. The van der Waals surface area contributed by atoms with Crippen LogP contribution in [0.15, 0.2) is 0 Å². The molecule has 6 nitrogen and oxygen atoms in total. The van der Waals surface area contributed by atoms with E-state index >= 15 is 0 Å². The highest BCUT2D eigenvalue weighted by Gasteiger charge is 2.22. The average molecular weight is 300 g/mol. The number of hydrogen-bond acceptors (Lipinski definition) is 4. The lowest BCUT2D eigenvalue weighted by Crippen LogP contribution is -2.55. The quantitative estimate of drug-likeness (QED) is 0.723. The van der Waals surface area contributed by atoms with E-state index in [0.717, 1.165) is 26.2 Å². The van der Waals surface area contributed by atoms with Crippen LogP contribution in [0.25, 0.3) is 0 Å². The number of rotatable bonds is 7. The molecular weight excluding hydrogens is 268 g/mol. The van der Waals surface area contributed by atoms with E-state index in [1.165, 1.54) is 0 Å². The molecule has 0 aromatic carbocycles. The molecule has 0 bridgehead atoms. The number of carbonyl (C=O) groups excluding carboxylic acids is 1. The van der Waals surface area contributed by atoms with Crippen LogP contribution in [0.1, 0.15) is 20.8 Å². The first kappa shape index (κ1) is 18.2. The van der Waals surface area contributed by atoms with Crippen molar-refractivity contribution >= 4 is 6.03 Å². The molecule has 0 radical (unpaired) electrons. The first-order chi connectivity index (χ1) is 9.88. The number of nitrogens with one attached hydrogen (secondary N) is 2. The summed E-state index contributed by atoms with van der Waals surface area (Å²) < 4.78 is 5.53. The second kappa shape index (κ2) is 9.23. The van der Waals surface area contributed by atoms with E-state index in [1.54, 1.807) is 0 Å². The molecule has 1 rings (SSSR count). The van der Waals surface area contributed by atoms with Crippen molar-refractivity contribution < 1.29 is 9.53 Å². The van der Waals surface area contributed by atoms with E-state index in [4.69, 9.17) is 4.74 Å². The van der Waals surface area contributed by atoms with Gasteiger partial charge in [-0.15, -0.1) is 0 Å². The third kappa shape index (κ3) is 7.64. The Hall–Kier alpha value is -0.850. The van der Waals surface area contributed by atoms with Crippen LogP contribution in [0.4, 0.5) is 4.79 Å². The normalized spacial score (nSPS) is 22.3. The number of ether oxygens (including phenoxy) is 1. The number of urea groups is 1. The highest BCUT2D eigenvalue weighted by atomic mass is 16.5. The zero-order valence-electron chi connectivity index (χ0n) is 14.2. The molecule has 1 fully saturated rings. The van der Waals surface area contributed by atoms with Crippen LogP contribution in [0.3, 0.4) is 0 Å². The largest absolute Gasteiger partial charge is 0.379 e. The molecule has 2 unspecified atom stereocenters. The van der Waals surface area contributed by atoms with Gasteiger partial charge in [-0.05, 0) is 26.9 Å². The molecule has 1 aliphatic rings. The zero-order valence-corrected chi connectivity index (χ0v) is 14.2. The van der Waals surface area contributed by atoms with Gasteiger partial charge in [0.25, 0.3) is 0 Å². The minimum Gasteiger partial charge on any atom is -0.379 e. The molecule has 0 saturated carbocycles. The fourth-order valence-corrected chi connectivity index (χ4v) is 2.33. The zero-order chi connectivity index (χ0) is 15.8. The number of nitrogens with zero attached hydrogens (tertiary/aromatic N) is 2. The maximum atomic E-state index is 11.9. The van der Waals surface area contributed by atoms with Crippen molar-refractivity contribution in [1.29, 1.82) is 0 Å². The summed E-state index contributed by atoms with van der Waals surface area (Å²) in [6, 6.07) is 0.287. The highest BCUT2D eigenvalue weighted by Crippen LogP contribution is 2.04. The van der Waals surface area contributed by atoms with E-state index < -0.39 is 0 Å². The van der Waals surface area contributed by atoms with Crippen molar-refractivity contribution in [2.24, 2.45) is 5.92 Å². The van der Waals surface area contributed by atoms with Gasteiger partial charge < -0.3 is 20.3 Å². The Morgan fingerprint density at radius 3 is 2.62 bits per heavy atom. The predicted molar refractivity (Wildman–Crippen MR) is 85.6 cm³/mol. The molecule has 0 aromatic rings. The Bertz CT molecular complexity index is 312. The van der Waals surface area contributed by atoms with Crippen LogP contribution < -0.4 is 10.6 Å². The van der Waals surface area contributed by atoms with E-state index in [0.29, 0.717) is 25.1 Å². The smallest absolute Gasteiger partial charge is 0.315 e. The van der Waals surface area contributed by atoms with Crippen LogP contribution in [0.2, 0.25) is 0 Å². The second-order valence-corrected chi connectivity index (χ2v) is 6.58. The predicted octanol–water partition coefficient (Wildman–Crippen LogP) is 0.593. The fraction of sp³-hybridized carbons (Fsp3) is 0.933. The number of carbonyl (C=O) groups is 1. The number of piperazine rings is 1. The summed E-state index contributed by atoms with van der Waals surface area (Å²) in [6.45, 7) is 11.3. The van der Waals surface area contributed by atoms with Gasteiger partial charge in [0.05, 0.1) is 12.6 Å². The van der Waals surface area contributed by atoms with Crippen molar-refractivity contribution in [3.8, 4) is 0 Å². The van der Waals surface area contributed by atoms with E-state index in [9.17, 15) is 4.79 Å². The van der Waals surface area contributed by atoms with Gasteiger partial charge in [-0.2, -0.15) is 0 Å². The Balaban J connectivity index is 2.18. The molecule has 1 aliphatic heterocycles. The summed E-state index contributed by atoms with van der Waals surface area (Å²) in [7, 11) is 4.23. The van der Waals surface area contributed by atoms with Crippen LogP contribution in [-0.2, 0) is 4.74 Å². The molecule has 124 valence electrons. The van der Waals surface area contributed by atoms with Crippen molar-refractivity contribution in [2.75, 3.05) is 53.5 Å². The van der Waals surface area contributed by atoms with Crippen LogP contribution in [0, 0.1) is 5.92 Å². The lowest BCUT2D eigenvalue weighted by Gasteiger charge is -2.37. The lowest BCUT2D eigenvalue weighted by atomic mass is 10.2. The topological polar surface area (TPSA) is 56.8 Å². The summed E-state index contributed by atoms with van der Waals surface area (Å²) >= 11 is 0. The number of likely N-dealkylation sites (N-methyl/N-ethyl adjacent to an activating group) is 2. The van der Waals surface area contributed by atoms with Crippen molar-refractivity contribution in [1.82, 2.24) is 20.4 Å². The maximum Gasteiger partial charge on any atom is 0.315 e. The highest BCUT2D eigenvalue weighted by molar-refractivity contribution is 5.74. The third-order valence-electron chi connectivity index (χ3n) is 3.67. The first-order valence-corrected chi connectivity index (χ1v) is 7.89. The van der Waals surface area contributed by atoms with E-state index in [1.807, 2.05) is 6.92 Å². The Labute approximate surface area is 129 Å². The van der Waals surface area contributed by atoms with Crippen LogP contribution in [0.5, 0.6) is 0 Å². The van der Waals surface area contributed by atoms with Crippen LogP contribution in [-0.4, -0.2) is 81.4 Å². The maximum absolute atomic E-state index is 11.9. The Morgan fingerprint density at radius 2 is 1.95 bits per heavy atom. The van der Waals surface area contributed by atoms with E-state index in [-0.39, 0.29) is 12.1 Å². The molecule has 1 saturated heterocycles.